The first-order valence-corrected chi connectivity index (χ1v) is 6.38. The van der Waals surface area contributed by atoms with Crippen molar-refractivity contribution >= 4 is 11.5 Å². The van der Waals surface area contributed by atoms with Crippen molar-refractivity contribution in [2.45, 2.75) is 26.4 Å². The van der Waals surface area contributed by atoms with E-state index in [4.69, 9.17) is 5.73 Å². The van der Waals surface area contributed by atoms with Gasteiger partial charge in [-0.25, -0.2) is 4.79 Å². The topological polar surface area (TPSA) is 111 Å². The SMILES string of the molecule is CCCn1c(N)c(NCc2ccn(C)n2)c(=O)[nH]c1=O. The summed E-state index contributed by atoms with van der Waals surface area (Å²) in [4.78, 5) is 25.7. The van der Waals surface area contributed by atoms with E-state index in [-0.39, 0.29) is 11.5 Å². The number of aromatic nitrogens is 4. The first-order chi connectivity index (χ1) is 9.52. The van der Waals surface area contributed by atoms with Gasteiger partial charge in [0.2, 0.25) is 0 Å². The van der Waals surface area contributed by atoms with Gasteiger partial charge in [-0.1, -0.05) is 6.92 Å². The Hall–Kier alpha value is -2.51. The van der Waals surface area contributed by atoms with E-state index < -0.39 is 11.2 Å². The lowest BCUT2D eigenvalue weighted by Gasteiger charge is -2.12. The summed E-state index contributed by atoms with van der Waals surface area (Å²) in [7, 11) is 1.81. The van der Waals surface area contributed by atoms with Crippen LogP contribution in [-0.2, 0) is 20.1 Å². The molecule has 0 saturated carbocycles. The third-order valence-corrected chi connectivity index (χ3v) is 2.90. The lowest BCUT2D eigenvalue weighted by Crippen LogP contribution is -2.34. The molecule has 0 amide bonds. The van der Waals surface area contributed by atoms with Crippen molar-refractivity contribution in [3.63, 3.8) is 0 Å². The molecule has 0 saturated heterocycles. The molecule has 0 unspecified atom stereocenters. The fourth-order valence-electron chi connectivity index (χ4n) is 1.94. The number of nitrogens with zero attached hydrogens (tertiary/aromatic N) is 3. The third-order valence-electron chi connectivity index (χ3n) is 2.90. The molecule has 2 rings (SSSR count). The molecule has 20 heavy (non-hydrogen) atoms. The fourth-order valence-corrected chi connectivity index (χ4v) is 1.94. The molecule has 4 N–H and O–H groups in total. The Morgan fingerprint density at radius 3 is 2.80 bits per heavy atom. The lowest BCUT2D eigenvalue weighted by molar-refractivity contribution is 0.642. The first-order valence-electron chi connectivity index (χ1n) is 6.38. The number of hydrogen-bond donors (Lipinski definition) is 3. The molecule has 2 heterocycles. The number of aromatic amines is 1. The van der Waals surface area contributed by atoms with Crippen LogP contribution in [0.15, 0.2) is 21.9 Å². The maximum Gasteiger partial charge on any atom is 0.330 e. The minimum absolute atomic E-state index is 0.150. The van der Waals surface area contributed by atoms with E-state index >= 15 is 0 Å². The molecule has 2 aromatic rings. The van der Waals surface area contributed by atoms with Gasteiger partial charge >= 0.3 is 5.69 Å². The summed E-state index contributed by atoms with van der Waals surface area (Å²) in [6.07, 6.45) is 2.55. The summed E-state index contributed by atoms with van der Waals surface area (Å²) >= 11 is 0. The molecule has 0 aromatic carbocycles. The van der Waals surface area contributed by atoms with E-state index in [0.29, 0.717) is 13.1 Å². The van der Waals surface area contributed by atoms with Gasteiger partial charge in [-0.15, -0.1) is 0 Å². The molecular formula is C12H18N6O2. The molecule has 0 fully saturated rings. The average Bonchev–Trinajstić information content (AvgIpc) is 2.80. The van der Waals surface area contributed by atoms with Gasteiger partial charge in [0.1, 0.15) is 11.5 Å². The Labute approximate surface area is 115 Å². The van der Waals surface area contributed by atoms with Gasteiger partial charge in [0.25, 0.3) is 5.56 Å². The number of nitrogens with one attached hydrogen (secondary N) is 2. The predicted molar refractivity (Wildman–Crippen MR) is 76.6 cm³/mol. The average molecular weight is 278 g/mol. The minimum atomic E-state index is -0.518. The zero-order valence-corrected chi connectivity index (χ0v) is 11.5. The number of hydrogen-bond acceptors (Lipinski definition) is 5. The van der Waals surface area contributed by atoms with Gasteiger partial charge < -0.3 is 11.1 Å². The quantitative estimate of drug-likeness (QED) is 0.706. The number of rotatable bonds is 5. The second-order valence-electron chi connectivity index (χ2n) is 4.51. The van der Waals surface area contributed by atoms with Gasteiger partial charge in [-0.05, 0) is 12.5 Å². The van der Waals surface area contributed by atoms with Crippen LogP contribution in [0, 0.1) is 0 Å². The van der Waals surface area contributed by atoms with E-state index in [1.165, 1.54) is 4.57 Å². The maximum absolute atomic E-state index is 11.8. The molecule has 108 valence electrons. The molecule has 0 radical (unpaired) electrons. The van der Waals surface area contributed by atoms with E-state index in [0.717, 1.165) is 12.1 Å². The van der Waals surface area contributed by atoms with Crippen LogP contribution in [0.1, 0.15) is 19.0 Å². The highest BCUT2D eigenvalue weighted by molar-refractivity contribution is 5.60. The van der Waals surface area contributed by atoms with Crippen molar-refractivity contribution in [3.05, 3.63) is 38.8 Å². The Morgan fingerprint density at radius 2 is 2.20 bits per heavy atom. The highest BCUT2D eigenvalue weighted by Gasteiger charge is 2.11. The largest absolute Gasteiger partial charge is 0.383 e. The maximum atomic E-state index is 11.8. The molecule has 0 spiro atoms. The summed E-state index contributed by atoms with van der Waals surface area (Å²) < 4.78 is 3.02. The van der Waals surface area contributed by atoms with Crippen molar-refractivity contribution in [2.75, 3.05) is 11.1 Å². The molecule has 2 aromatic heterocycles. The van der Waals surface area contributed by atoms with Crippen molar-refractivity contribution in [1.29, 1.82) is 0 Å². The number of nitrogen functional groups attached to an aromatic ring is 1. The smallest absolute Gasteiger partial charge is 0.330 e. The van der Waals surface area contributed by atoms with Gasteiger partial charge in [0, 0.05) is 19.8 Å². The van der Waals surface area contributed by atoms with Crippen molar-refractivity contribution in [3.8, 4) is 0 Å². The number of anilines is 2. The van der Waals surface area contributed by atoms with Crippen molar-refractivity contribution in [1.82, 2.24) is 19.3 Å². The number of nitrogens with two attached hydrogens (primary N) is 1. The van der Waals surface area contributed by atoms with Crippen LogP contribution >= 0.6 is 0 Å². The minimum Gasteiger partial charge on any atom is -0.383 e. The van der Waals surface area contributed by atoms with E-state index in [2.05, 4.69) is 15.4 Å². The number of H-pyrrole nitrogens is 1. The van der Waals surface area contributed by atoms with Crippen LogP contribution in [0.3, 0.4) is 0 Å². The van der Waals surface area contributed by atoms with Crippen LogP contribution in [0.4, 0.5) is 11.5 Å². The van der Waals surface area contributed by atoms with Crippen LogP contribution in [-0.4, -0.2) is 19.3 Å². The van der Waals surface area contributed by atoms with E-state index in [1.54, 1.807) is 4.68 Å². The standard InChI is InChI=1S/C12H18N6O2/c1-3-5-18-10(13)9(11(19)15-12(18)20)14-7-8-4-6-17(2)16-8/h4,6,14H,3,5,7,13H2,1-2H3,(H,15,19,20). The Bertz CT molecular complexity index is 711. The zero-order chi connectivity index (χ0) is 14.7. The Morgan fingerprint density at radius 1 is 1.45 bits per heavy atom. The Balaban J connectivity index is 2.29. The summed E-state index contributed by atoms with van der Waals surface area (Å²) in [5.41, 5.74) is 5.86. The fraction of sp³-hybridized carbons (Fsp3) is 0.417. The van der Waals surface area contributed by atoms with Gasteiger partial charge in [0.05, 0.1) is 12.2 Å². The molecule has 0 aliphatic rings. The molecule has 8 nitrogen and oxygen atoms in total. The highest BCUT2D eigenvalue weighted by Crippen LogP contribution is 2.11. The summed E-state index contributed by atoms with van der Waals surface area (Å²) in [5, 5.41) is 7.13. The predicted octanol–water partition coefficient (Wildman–Crippen LogP) is -0.126. The van der Waals surface area contributed by atoms with Crippen molar-refractivity contribution in [2.24, 2.45) is 7.05 Å². The third kappa shape index (κ3) is 2.73. The van der Waals surface area contributed by atoms with Crippen LogP contribution < -0.4 is 22.3 Å². The van der Waals surface area contributed by atoms with Crippen LogP contribution in [0.2, 0.25) is 0 Å². The number of aryl methyl sites for hydroxylation is 1. The molecule has 0 bridgehead atoms. The van der Waals surface area contributed by atoms with Gasteiger partial charge in [-0.3, -0.25) is 19.0 Å². The molecule has 8 heteroatoms. The van der Waals surface area contributed by atoms with Gasteiger partial charge in [0.15, 0.2) is 0 Å². The Kier molecular flexibility index (Phi) is 3.92. The summed E-state index contributed by atoms with van der Waals surface area (Å²) in [6, 6.07) is 1.83. The van der Waals surface area contributed by atoms with E-state index in [1.807, 2.05) is 26.2 Å². The monoisotopic (exact) mass is 278 g/mol. The summed E-state index contributed by atoms with van der Waals surface area (Å²) in [5.74, 6) is 0.150. The van der Waals surface area contributed by atoms with Crippen LogP contribution in [0.5, 0.6) is 0 Å². The zero-order valence-electron chi connectivity index (χ0n) is 11.5. The highest BCUT2D eigenvalue weighted by atomic mass is 16.2. The van der Waals surface area contributed by atoms with Crippen LogP contribution in [0.25, 0.3) is 0 Å². The van der Waals surface area contributed by atoms with Crippen molar-refractivity contribution < 1.29 is 0 Å². The molecule has 0 aliphatic carbocycles. The normalized spacial score (nSPS) is 10.7. The molecule has 0 aliphatic heterocycles. The first kappa shape index (κ1) is 13.9. The molecular weight excluding hydrogens is 260 g/mol. The van der Waals surface area contributed by atoms with E-state index in [9.17, 15) is 9.59 Å². The molecule has 0 atom stereocenters. The van der Waals surface area contributed by atoms with Gasteiger partial charge in [-0.2, -0.15) is 5.10 Å². The lowest BCUT2D eigenvalue weighted by atomic mass is 10.3. The second kappa shape index (κ2) is 5.64. The summed E-state index contributed by atoms with van der Waals surface area (Å²) in [6.45, 7) is 2.75. The second-order valence-corrected chi connectivity index (χ2v) is 4.51.